The summed E-state index contributed by atoms with van der Waals surface area (Å²) in [4.78, 5) is 12.0. The number of hydrogen-bond acceptors (Lipinski definition) is 2. The number of nitrogens with one attached hydrogen (secondary N) is 2. The second-order valence-electron chi connectivity index (χ2n) is 5.15. The second kappa shape index (κ2) is 7.65. The van der Waals surface area contributed by atoms with Crippen molar-refractivity contribution >= 4 is 44.8 Å². The molecule has 116 valence electrons. The molecular weight excluding hydrogens is 364 g/mol. The van der Waals surface area contributed by atoms with Crippen LogP contribution in [0.3, 0.4) is 0 Å². The van der Waals surface area contributed by atoms with E-state index in [0.717, 1.165) is 21.4 Å². The molecule has 2 N–H and O–H groups in total. The summed E-state index contributed by atoms with van der Waals surface area (Å²) in [6.45, 7) is 4.55. The van der Waals surface area contributed by atoms with E-state index in [1.165, 1.54) is 5.56 Å². The molecule has 0 aromatic heterocycles. The molecule has 2 aromatic rings. The number of rotatable bonds is 5. The van der Waals surface area contributed by atoms with Gasteiger partial charge in [-0.25, -0.2) is 0 Å². The highest BCUT2D eigenvalue weighted by Gasteiger charge is 2.05. The first kappa shape index (κ1) is 16.8. The van der Waals surface area contributed by atoms with E-state index in [1.807, 2.05) is 44.2 Å². The lowest BCUT2D eigenvalue weighted by Gasteiger charge is -2.10. The smallest absolute Gasteiger partial charge is 0.226 e. The van der Waals surface area contributed by atoms with Crippen LogP contribution in [0.5, 0.6) is 0 Å². The summed E-state index contributed by atoms with van der Waals surface area (Å²) in [7, 11) is 0. The minimum absolute atomic E-state index is 0.0379. The summed E-state index contributed by atoms with van der Waals surface area (Å²) < 4.78 is 1.05. The van der Waals surface area contributed by atoms with Gasteiger partial charge in [0, 0.05) is 33.8 Å². The van der Waals surface area contributed by atoms with Gasteiger partial charge < -0.3 is 10.6 Å². The number of anilines is 2. The normalized spacial score (nSPS) is 10.4. The quantitative estimate of drug-likeness (QED) is 0.751. The van der Waals surface area contributed by atoms with Crippen LogP contribution in [-0.2, 0) is 4.79 Å². The Morgan fingerprint density at radius 1 is 1.14 bits per heavy atom. The molecule has 22 heavy (non-hydrogen) atoms. The molecule has 0 saturated carbocycles. The molecule has 0 radical (unpaired) electrons. The van der Waals surface area contributed by atoms with Crippen LogP contribution in [0, 0.1) is 13.8 Å². The summed E-state index contributed by atoms with van der Waals surface area (Å²) in [6, 6.07) is 11.5. The minimum Gasteiger partial charge on any atom is -0.384 e. The van der Waals surface area contributed by atoms with Crippen molar-refractivity contribution in [2.75, 3.05) is 17.2 Å². The van der Waals surface area contributed by atoms with Gasteiger partial charge >= 0.3 is 0 Å². The third kappa shape index (κ3) is 4.75. The summed E-state index contributed by atoms with van der Waals surface area (Å²) in [5.74, 6) is -0.0379. The van der Waals surface area contributed by atoms with E-state index in [4.69, 9.17) is 11.6 Å². The monoisotopic (exact) mass is 380 g/mol. The van der Waals surface area contributed by atoms with Crippen molar-refractivity contribution in [2.45, 2.75) is 20.3 Å². The van der Waals surface area contributed by atoms with E-state index in [2.05, 4.69) is 26.6 Å². The zero-order chi connectivity index (χ0) is 16.1. The lowest BCUT2D eigenvalue weighted by molar-refractivity contribution is -0.115. The Bertz CT molecular complexity index is 688. The highest BCUT2D eigenvalue weighted by atomic mass is 79.9. The second-order valence-corrected chi connectivity index (χ2v) is 6.44. The first-order valence-electron chi connectivity index (χ1n) is 7.02. The molecule has 5 heteroatoms. The first-order chi connectivity index (χ1) is 10.5. The van der Waals surface area contributed by atoms with Gasteiger partial charge in [-0.2, -0.15) is 0 Å². The Kier molecular flexibility index (Phi) is 5.86. The van der Waals surface area contributed by atoms with Gasteiger partial charge in [-0.1, -0.05) is 39.7 Å². The average Bonchev–Trinajstić information content (AvgIpc) is 2.47. The molecule has 2 rings (SSSR count). The molecule has 0 aliphatic heterocycles. The number of carbonyl (C=O) groups is 1. The van der Waals surface area contributed by atoms with Crippen LogP contribution in [0.4, 0.5) is 11.4 Å². The van der Waals surface area contributed by atoms with Crippen LogP contribution < -0.4 is 10.6 Å². The van der Waals surface area contributed by atoms with Gasteiger partial charge in [0.15, 0.2) is 0 Å². The van der Waals surface area contributed by atoms with Crippen molar-refractivity contribution in [3.05, 3.63) is 57.0 Å². The molecule has 0 bridgehead atoms. The van der Waals surface area contributed by atoms with Gasteiger partial charge in [0.05, 0.1) is 0 Å². The van der Waals surface area contributed by atoms with Crippen molar-refractivity contribution in [3.63, 3.8) is 0 Å². The van der Waals surface area contributed by atoms with Crippen LogP contribution in [0.1, 0.15) is 17.5 Å². The molecule has 0 heterocycles. The summed E-state index contributed by atoms with van der Waals surface area (Å²) in [5.41, 5.74) is 3.92. The highest BCUT2D eigenvalue weighted by Crippen LogP contribution is 2.21. The van der Waals surface area contributed by atoms with Gasteiger partial charge in [-0.05, 0) is 49.2 Å². The maximum atomic E-state index is 12.0. The molecule has 0 saturated heterocycles. The third-order valence-electron chi connectivity index (χ3n) is 3.33. The fraction of sp³-hybridized carbons (Fsp3) is 0.235. The molecule has 0 aliphatic rings. The molecular formula is C17H18BrClN2O. The maximum absolute atomic E-state index is 12.0. The minimum atomic E-state index is -0.0379. The first-order valence-corrected chi connectivity index (χ1v) is 8.19. The number of hydrogen-bond donors (Lipinski definition) is 2. The number of halogens is 2. The largest absolute Gasteiger partial charge is 0.384 e. The number of carbonyl (C=O) groups excluding carboxylic acids is 1. The maximum Gasteiger partial charge on any atom is 0.226 e. The predicted molar refractivity (Wildman–Crippen MR) is 96.8 cm³/mol. The van der Waals surface area contributed by atoms with Gasteiger partial charge in [-0.3, -0.25) is 4.79 Å². The topological polar surface area (TPSA) is 41.1 Å². The van der Waals surface area contributed by atoms with Crippen LogP contribution in [-0.4, -0.2) is 12.5 Å². The SMILES string of the molecule is Cc1ccc(NCCC(=O)Nc2cc(Cl)ccc2C)cc1Br. The third-order valence-corrected chi connectivity index (χ3v) is 4.42. The Morgan fingerprint density at radius 3 is 2.59 bits per heavy atom. The molecule has 0 fully saturated rings. The van der Waals surface area contributed by atoms with Gasteiger partial charge in [0.1, 0.15) is 0 Å². The fourth-order valence-corrected chi connectivity index (χ4v) is 2.52. The van der Waals surface area contributed by atoms with Gasteiger partial charge in [0.25, 0.3) is 0 Å². The van der Waals surface area contributed by atoms with Gasteiger partial charge in [0.2, 0.25) is 5.91 Å². The lowest BCUT2D eigenvalue weighted by Crippen LogP contribution is -2.16. The highest BCUT2D eigenvalue weighted by molar-refractivity contribution is 9.10. The molecule has 0 aliphatic carbocycles. The standard InChI is InChI=1S/C17H18BrClN2O/c1-11-4-6-14(10-15(11)18)20-8-7-17(22)21-16-9-13(19)5-3-12(16)2/h3-6,9-10,20H,7-8H2,1-2H3,(H,21,22). The summed E-state index contributed by atoms with van der Waals surface area (Å²) in [6.07, 6.45) is 0.386. The van der Waals surface area contributed by atoms with E-state index in [9.17, 15) is 4.79 Å². The molecule has 3 nitrogen and oxygen atoms in total. The van der Waals surface area contributed by atoms with Crippen LogP contribution in [0.25, 0.3) is 0 Å². The zero-order valence-corrected chi connectivity index (χ0v) is 14.9. The van der Waals surface area contributed by atoms with Crippen LogP contribution in [0.2, 0.25) is 5.02 Å². The van der Waals surface area contributed by atoms with Crippen molar-refractivity contribution in [1.29, 1.82) is 0 Å². The summed E-state index contributed by atoms with van der Waals surface area (Å²) in [5, 5.41) is 6.74. The van der Waals surface area contributed by atoms with Crippen LogP contribution >= 0.6 is 27.5 Å². The Labute approximate surface area is 144 Å². The lowest BCUT2D eigenvalue weighted by atomic mass is 10.2. The van der Waals surface area contributed by atoms with Crippen molar-refractivity contribution < 1.29 is 4.79 Å². The molecule has 0 spiro atoms. The molecule has 2 aromatic carbocycles. The van der Waals surface area contributed by atoms with Crippen molar-refractivity contribution in [1.82, 2.24) is 0 Å². The zero-order valence-electron chi connectivity index (χ0n) is 12.5. The van der Waals surface area contributed by atoms with E-state index >= 15 is 0 Å². The fourth-order valence-electron chi connectivity index (χ4n) is 1.96. The van der Waals surface area contributed by atoms with E-state index in [1.54, 1.807) is 6.07 Å². The average molecular weight is 382 g/mol. The van der Waals surface area contributed by atoms with Crippen molar-refractivity contribution in [3.8, 4) is 0 Å². The van der Waals surface area contributed by atoms with E-state index < -0.39 is 0 Å². The molecule has 0 atom stereocenters. The summed E-state index contributed by atoms with van der Waals surface area (Å²) >= 11 is 9.44. The van der Waals surface area contributed by atoms with Crippen molar-refractivity contribution in [2.24, 2.45) is 0 Å². The van der Waals surface area contributed by atoms with E-state index in [-0.39, 0.29) is 5.91 Å². The predicted octanol–water partition coefficient (Wildman–Crippen LogP) is 5.16. The molecule has 1 amide bonds. The Morgan fingerprint density at radius 2 is 1.86 bits per heavy atom. The van der Waals surface area contributed by atoms with Crippen LogP contribution in [0.15, 0.2) is 40.9 Å². The van der Waals surface area contributed by atoms with Gasteiger partial charge in [-0.15, -0.1) is 0 Å². The Balaban J connectivity index is 1.85. The molecule has 0 unspecified atom stereocenters. The number of aryl methyl sites for hydroxylation is 2. The number of benzene rings is 2. The Hall–Kier alpha value is -1.52. The van der Waals surface area contributed by atoms with E-state index in [0.29, 0.717) is 18.0 Å². The number of amides is 1.